The Balaban J connectivity index is 2.10. The lowest BCUT2D eigenvalue weighted by Crippen LogP contribution is -2.41. The number of carboxylic acids is 1. The van der Waals surface area contributed by atoms with Gasteiger partial charge < -0.3 is 10.4 Å². The summed E-state index contributed by atoms with van der Waals surface area (Å²) in [5, 5.41) is 11.8. The van der Waals surface area contributed by atoms with Gasteiger partial charge in [-0.3, -0.25) is 4.79 Å². The third kappa shape index (κ3) is 6.10. The predicted molar refractivity (Wildman–Crippen MR) is 97.4 cm³/mol. The lowest BCUT2D eigenvalue weighted by Gasteiger charge is -2.21. The van der Waals surface area contributed by atoms with Crippen LogP contribution in [0.5, 0.6) is 0 Å². The Morgan fingerprint density at radius 2 is 1.92 bits per heavy atom. The molecule has 26 heavy (non-hydrogen) atoms. The molecule has 1 aliphatic carbocycles. The molecule has 0 heterocycles. The number of amides is 1. The van der Waals surface area contributed by atoms with Crippen LogP contribution in [0.3, 0.4) is 0 Å². The largest absolute Gasteiger partial charge is 0.480 e. The highest BCUT2D eigenvalue weighted by atomic mass is 32.2. The van der Waals surface area contributed by atoms with E-state index in [1.54, 1.807) is 0 Å². The number of aliphatic carboxylic acids is 1. The minimum Gasteiger partial charge on any atom is -0.480 e. The maximum absolute atomic E-state index is 12.4. The van der Waals surface area contributed by atoms with Crippen LogP contribution in [0, 0.1) is 5.41 Å². The Bertz CT molecular complexity index is 779. The third-order valence-corrected chi connectivity index (χ3v) is 5.61. The maximum Gasteiger partial charge on any atom is 0.326 e. The first-order valence-electron chi connectivity index (χ1n) is 8.64. The number of benzene rings is 1. The molecule has 1 unspecified atom stereocenters. The van der Waals surface area contributed by atoms with E-state index in [2.05, 4.69) is 10.0 Å². The van der Waals surface area contributed by atoms with Crippen LogP contribution >= 0.6 is 0 Å². The van der Waals surface area contributed by atoms with Gasteiger partial charge in [0.25, 0.3) is 5.91 Å². The van der Waals surface area contributed by atoms with Gasteiger partial charge in [-0.05, 0) is 49.3 Å². The van der Waals surface area contributed by atoms with E-state index in [1.165, 1.54) is 24.3 Å². The highest BCUT2D eigenvalue weighted by Crippen LogP contribution is 2.23. The van der Waals surface area contributed by atoms with Gasteiger partial charge in [-0.25, -0.2) is 17.9 Å². The van der Waals surface area contributed by atoms with Gasteiger partial charge in [-0.2, -0.15) is 0 Å². The second-order valence-corrected chi connectivity index (χ2v) is 9.60. The zero-order valence-corrected chi connectivity index (χ0v) is 16.1. The highest BCUT2D eigenvalue weighted by molar-refractivity contribution is 7.89. The molecule has 3 N–H and O–H groups in total. The SMILES string of the molecule is CC(C)(C)CCC(NC(=O)c1cccc(S(=O)(=O)NC2CC2)c1)C(=O)O. The molecule has 1 amide bonds. The molecule has 1 saturated carbocycles. The van der Waals surface area contributed by atoms with Gasteiger partial charge in [0.1, 0.15) is 6.04 Å². The van der Waals surface area contributed by atoms with Crippen molar-refractivity contribution in [3.8, 4) is 0 Å². The molecule has 0 aliphatic heterocycles. The van der Waals surface area contributed by atoms with Crippen molar-refractivity contribution in [2.75, 3.05) is 0 Å². The Labute approximate surface area is 154 Å². The molecule has 7 nitrogen and oxygen atoms in total. The molecular weight excluding hydrogens is 356 g/mol. The summed E-state index contributed by atoms with van der Waals surface area (Å²) < 4.78 is 27.1. The smallest absolute Gasteiger partial charge is 0.326 e. The van der Waals surface area contributed by atoms with E-state index in [9.17, 15) is 23.1 Å². The zero-order chi connectivity index (χ0) is 19.5. The molecule has 1 atom stereocenters. The summed E-state index contributed by atoms with van der Waals surface area (Å²) in [7, 11) is -3.67. The molecule has 0 saturated heterocycles. The zero-order valence-electron chi connectivity index (χ0n) is 15.3. The van der Waals surface area contributed by atoms with Gasteiger partial charge in [0.2, 0.25) is 10.0 Å². The Morgan fingerprint density at radius 1 is 1.27 bits per heavy atom. The van der Waals surface area contributed by atoms with Gasteiger partial charge in [-0.1, -0.05) is 26.8 Å². The molecule has 1 fully saturated rings. The topological polar surface area (TPSA) is 113 Å². The minimum absolute atomic E-state index is 0.00128. The summed E-state index contributed by atoms with van der Waals surface area (Å²) in [6.07, 6.45) is 2.55. The van der Waals surface area contributed by atoms with E-state index >= 15 is 0 Å². The normalized spacial score (nSPS) is 16.1. The molecule has 0 aromatic heterocycles. The average Bonchev–Trinajstić information content (AvgIpc) is 3.33. The van der Waals surface area contributed by atoms with Crippen molar-refractivity contribution < 1.29 is 23.1 Å². The van der Waals surface area contributed by atoms with Crippen LogP contribution in [-0.4, -0.2) is 37.5 Å². The maximum atomic E-state index is 12.4. The van der Waals surface area contributed by atoms with Gasteiger partial charge >= 0.3 is 5.97 Å². The van der Waals surface area contributed by atoms with E-state index < -0.39 is 27.9 Å². The third-order valence-electron chi connectivity index (χ3n) is 4.09. The lowest BCUT2D eigenvalue weighted by atomic mass is 9.88. The minimum atomic E-state index is -3.67. The van der Waals surface area contributed by atoms with Crippen LogP contribution in [0.15, 0.2) is 29.2 Å². The van der Waals surface area contributed by atoms with Crippen molar-refractivity contribution in [2.45, 2.75) is 63.4 Å². The number of carbonyl (C=O) groups is 2. The molecule has 2 rings (SSSR count). The van der Waals surface area contributed by atoms with Crippen LogP contribution < -0.4 is 10.0 Å². The number of carboxylic acid groups (broad SMARTS) is 1. The van der Waals surface area contributed by atoms with Crippen molar-refractivity contribution in [3.05, 3.63) is 29.8 Å². The Morgan fingerprint density at radius 3 is 2.46 bits per heavy atom. The molecular formula is C18H26N2O5S. The van der Waals surface area contributed by atoms with Crippen molar-refractivity contribution in [3.63, 3.8) is 0 Å². The first-order valence-corrected chi connectivity index (χ1v) is 10.1. The van der Waals surface area contributed by atoms with E-state index in [1.807, 2.05) is 20.8 Å². The van der Waals surface area contributed by atoms with Crippen molar-refractivity contribution >= 4 is 21.9 Å². The number of carbonyl (C=O) groups excluding carboxylic acids is 1. The fourth-order valence-corrected chi connectivity index (χ4v) is 3.72. The molecule has 1 aromatic rings. The second-order valence-electron chi connectivity index (χ2n) is 7.89. The van der Waals surface area contributed by atoms with Crippen LogP contribution in [0.25, 0.3) is 0 Å². The fourth-order valence-electron chi connectivity index (χ4n) is 2.37. The lowest BCUT2D eigenvalue weighted by molar-refractivity contribution is -0.139. The number of rotatable bonds is 8. The Hall–Kier alpha value is -1.93. The van der Waals surface area contributed by atoms with Crippen LogP contribution in [-0.2, 0) is 14.8 Å². The molecule has 1 aromatic carbocycles. The van der Waals surface area contributed by atoms with E-state index in [4.69, 9.17) is 0 Å². The van der Waals surface area contributed by atoms with Crippen LogP contribution in [0.4, 0.5) is 0 Å². The molecule has 144 valence electrons. The molecule has 8 heteroatoms. The van der Waals surface area contributed by atoms with E-state index in [0.717, 1.165) is 12.8 Å². The molecule has 0 spiro atoms. The van der Waals surface area contributed by atoms with Gasteiger partial charge in [0.05, 0.1) is 4.90 Å². The first kappa shape index (κ1) is 20.4. The second kappa shape index (κ2) is 7.75. The van der Waals surface area contributed by atoms with Crippen molar-refractivity contribution in [1.82, 2.24) is 10.0 Å². The summed E-state index contributed by atoms with van der Waals surface area (Å²) in [5.41, 5.74) is 0.0617. The summed E-state index contributed by atoms with van der Waals surface area (Å²) in [5.74, 6) is -1.71. The monoisotopic (exact) mass is 382 g/mol. The molecule has 1 aliphatic rings. The summed E-state index contributed by atoms with van der Waals surface area (Å²) >= 11 is 0. The standard InChI is InChI=1S/C18H26N2O5S/c1-18(2,3)10-9-15(17(22)23)19-16(21)12-5-4-6-14(11-12)26(24,25)20-13-7-8-13/h4-6,11,13,15,20H,7-10H2,1-3H3,(H,19,21)(H,22,23). The number of nitrogens with one attached hydrogen (secondary N) is 2. The molecule has 0 bridgehead atoms. The Kier molecular flexibility index (Phi) is 6.08. The predicted octanol–water partition coefficient (Wildman–Crippen LogP) is 2.14. The quantitative estimate of drug-likeness (QED) is 0.638. The summed E-state index contributed by atoms with van der Waals surface area (Å²) in [6, 6.07) is 4.56. The number of hydrogen-bond donors (Lipinski definition) is 3. The first-order chi connectivity index (χ1) is 12.0. The summed E-state index contributed by atoms with van der Waals surface area (Å²) in [4.78, 5) is 23.8. The van der Waals surface area contributed by atoms with Crippen LogP contribution in [0.1, 0.15) is 56.8 Å². The summed E-state index contributed by atoms with van der Waals surface area (Å²) in [6.45, 7) is 5.98. The highest BCUT2D eigenvalue weighted by Gasteiger charge is 2.29. The van der Waals surface area contributed by atoms with Crippen molar-refractivity contribution in [1.29, 1.82) is 0 Å². The number of sulfonamides is 1. The van der Waals surface area contributed by atoms with E-state index in [-0.39, 0.29) is 21.9 Å². The van der Waals surface area contributed by atoms with E-state index in [0.29, 0.717) is 12.8 Å². The average molecular weight is 382 g/mol. The fraction of sp³-hybridized carbons (Fsp3) is 0.556. The number of hydrogen-bond acceptors (Lipinski definition) is 4. The van der Waals surface area contributed by atoms with Gasteiger partial charge in [0.15, 0.2) is 0 Å². The molecule has 0 radical (unpaired) electrons. The van der Waals surface area contributed by atoms with Crippen LogP contribution in [0.2, 0.25) is 0 Å². The van der Waals surface area contributed by atoms with Gasteiger partial charge in [-0.15, -0.1) is 0 Å². The van der Waals surface area contributed by atoms with Gasteiger partial charge in [0, 0.05) is 11.6 Å². The van der Waals surface area contributed by atoms with Crippen molar-refractivity contribution in [2.24, 2.45) is 5.41 Å².